The van der Waals surface area contributed by atoms with Crippen LogP contribution < -0.4 is 14.9 Å². The van der Waals surface area contributed by atoms with Crippen LogP contribution in [0.15, 0.2) is 47.3 Å². The van der Waals surface area contributed by atoms with Crippen molar-refractivity contribution in [3.8, 4) is 22.8 Å². The molecule has 0 amide bonds. The zero-order valence-electron chi connectivity index (χ0n) is 14.8. The molecule has 6 heteroatoms. The summed E-state index contributed by atoms with van der Waals surface area (Å²) in [6.45, 7) is 1.87. The quantitative estimate of drug-likeness (QED) is 0.712. The van der Waals surface area contributed by atoms with E-state index in [4.69, 9.17) is 14.2 Å². The number of hydrogen-bond acceptors (Lipinski definition) is 5. The SMILES string of the molecule is CCOC(=O)c1c(-c2cccc(OC)c2)[nH]c2ccc(OC)cc2c1=O. The molecule has 1 heterocycles. The van der Waals surface area contributed by atoms with Crippen LogP contribution in [-0.4, -0.2) is 31.8 Å². The van der Waals surface area contributed by atoms with Crippen LogP contribution in [0.4, 0.5) is 0 Å². The molecule has 0 saturated heterocycles. The lowest BCUT2D eigenvalue weighted by atomic mass is 10.0. The predicted molar refractivity (Wildman–Crippen MR) is 99.1 cm³/mol. The minimum atomic E-state index is -0.670. The topological polar surface area (TPSA) is 77.6 Å². The molecule has 0 spiro atoms. The highest BCUT2D eigenvalue weighted by atomic mass is 16.5. The summed E-state index contributed by atoms with van der Waals surface area (Å²) in [5.74, 6) is 0.483. The van der Waals surface area contributed by atoms with Gasteiger partial charge < -0.3 is 19.2 Å². The van der Waals surface area contributed by atoms with Gasteiger partial charge in [-0.15, -0.1) is 0 Å². The second-order valence-corrected chi connectivity index (χ2v) is 5.57. The van der Waals surface area contributed by atoms with Crippen molar-refractivity contribution in [2.24, 2.45) is 0 Å². The van der Waals surface area contributed by atoms with E-state index in [1.54, 1.807) is 56.5 Å². The van der Waals surface area contributed by atoms with Gasteiger partial charge in [0, 0.05) is 5.56 Å². The van der Waals surface area contributed by atoms with Crippen LogP contribution in [0, 0.1) is 0 Å². The van der Waals surface area contributed by atoms with E-state index in [9.17, 15) is 9.59 Å². The Hall–Kier alpha value is -3.28. The maximum absolute atomic E-state index is 13.1. The van der Waals surface area contributed by atoms with Gasteiger partial charge in [-0.1, -0.05) is 12.1 Å². The van der Waals surface area contributed by atoms with E-state index in [1.807, 2.05) is 0 Å². The molecular formula is C20H19NO5. The first-order chi connectivity index (χ1) is 12.6. The number of hydrogen-bond donors (Lipinski definition) is 1. The molecule has 0 unspecified atom stereocenters. The first-order valence-corrected chi connectivity index (χ1v) is 8.14. The number of aromatic amines is 1. The molecule has 0 fully saturated rings. The van der Waals surface area contributed by atoms with Crippen LogP contribution >= 0.6 is 0 Å². The van der Waals surface area contributed by atoms with Gasteiger partial charge in [0.25, 0.3) is 0 Å². The minimum absolute atomic E-state index is 0.0409. The Morgan fingerprint density at radius 3 is 2.46 bits per heavy atom. The van der Waals surface area contributed by atoms with E-state index < -0.39 is 11.4 Å². The lowest BCUT2D eigenvalue weighted by molar-refractivity contribution is 0.0525. The van der Waals surface area contributed by atoms with Gasteiger partial charge in [-0.05, 0) is 37.3 Å². The molecule has 0 aliphatic heterocycles. The van der Waals surface area contributed by atoms with Gasteiger partial charge in [0.2, 0.25) is 5.43 Å². The fourth-order valence-corrected chi connectivity index (χ4v) is 2.79. The molecule has 3 aromatic rings. The van der Waals surface area contributed by atoms with E-state index in [-0.39, 0.29) is 12.2 Å². The summed E-state index contributed by atoms with van der Waals surface area (Å²) >= 11 is 0. The number of H-pyrrole nitrogens is 1. The van der Waals surface area contributed by atoms with E-state index in [0.717, 1.165) is 0 Å². The number of fused-ring (bicyclic) bond motifs is 1. The maximum Gasteiger partial charge on any atom is 0.344 e. The molecule has 0 aliphatic carbocycles. The van der Waals surface area contributed by atoms with Gasteiger partial charge in [-0.3, -0.25) is 4.79 Å². The molecule has 0 saturated carbocycles. The Bertz CT molecular complexity index is 1020. The number of pyridine rings is 1. The minimum Gasteiger partial charge on any atom is -0.497 e. The van der Waals surface area contributed by atoms with Crippen molar-refractivity contribution in [3.63, 3.8) is 0 Å². The predicted octanol–water partition coefficient (Wildman–Crippen LogP) is 3.39. The maximum atomic E-state index is 13.1. The molecule has 1 aromatic heterocycles. The summed E-state index contributed by atoms with van der Waals surface area (Å²) in [6.07, 6.45) is 0. The molecule has 0 aliphatic rings. The Balaban J connectivity index is 2.34. The average molecular weight is 353 g/mol. The largest absolute Gasteiger partial charge is 0.497 e. The van der Waals surface area contributed by atoms with Crippen LogP contribution in [0.25, 0.3) is 22.2 Å². The number of aromatic nitrogens is 1. The first-order valence-electron chi connectivity index (χ1n) is 8.14. The van der Waals surface area contributed by atoms with Crippen LogP contribution in [-0.2, 0) is 4.74 Å². The molecule has 0 bridgehead atoms. The fourth-order valence-electron chi connectivity index (χ4n) is 2.79. The standard InChI is InChI=1S/C20H19NO5/c1-4-26-20(23)17-18(12-6-5-7-13(10-12)24-2)21-16-9-8-14(25-3)11-15(16)19(17)22/h5-11H,4H2,1-3H3,(H,21,22). The second kappa shape index (κ2) is 7.31. The number of ether oxygens (including phenoxy) is 3. The number of nitrogens with one attached hydrogen (secondary N) is 1. The molecule has 26 heavy (non-hydrogen) atoms. The number of rotatable bonds is 5. The molecule has 3 rings (SSSR count). The van der Waals surface area contributed by atoms with Gasteiger partial charge in [0.05, 0.1) is 37.4 Å². The second-order valence-electron chi connectivity index (χ2n) is 5.57. The van der Waals surface area contributed by atoms with Crippen LogP contribution in [0.2, 0.25) is 0 Å². The van der Waals surface area contributed by atoms with Gasteiger partial charge >= 0.3 is 5.97 Å². The molecule has 1 N–H and O–H groups in total. The smallest absolute Gasteiger partial charge is 0.344 e. The van der Waals surface area contributed by atoms with Crippen LogP contribution in [0.5, 0.6) is 11.5 Å². The molecule has 134 valence electrons. The van der Waals surface area contributed by atoms with Crippen molar-refractivity contribution >= 4 is 16.9 Å². The number of esters is 1. The van der Waals surface area contributed by atoms with E-state index in [1.165, 1.54) is 7.11 Å². The van der Waals surface area contributed by atoms with Crippen molar-refractivity contribution in [3.05, 3.63) is 58.3 Å². The summed E-state index contributed by atoms with van der Waals surface area (Å²) in [4.78, 5) is 28.7. The Morgan fingerprint density at radius 1 is 1.04 bits per heavy atom. The molecule has 2 aromatic carbocycles. The summed E-state index contributed by atoms with van der Waals surface area (Å²) in [7, 11) is 3.08. The highest BCUT2D eigenvalue weighted by molar-refractivity contribution is 6.00. The lowest BCUT2D eigenvalue weighted by Crippen LogP contribution is -2.20. The van der Waals surface area contributed by atoms with E-state index in [2.05, 4.69) is 4.98 Å². The Morgan fingerprint density at radius 2 is 1.77 bits per heavy atom. The highest BCUT2D eigenvalue weighted by Gasteiger charge is 2.22. The van der Waals surface area contributed by atoms with Crippen molar-refractivity contribution in [2.75, 3.05) is 20.8 Å². The summed E-state index contributed by atoms with van der Waals surface area (Å²) in [6, 6.07) is 12.2. The molecule has 6 nitrogen and oxygen atoms in total. The first kappa shape index (κ1) is 17.5. The third kappa shape index (κ3) is 3.13. The number of carbonyl (C=O) groups excluding carboxylic acids is 1. The molecular weight excluding hydrogens is 334 g/mol. The van der Waals surface area contributed by atoms with Gasteiger partial charge in [0.1, 0.15) is 17.1 Å². The molecule has 0 atom stereocenters. The zero-order chi connectivity index (χ0) is 18.7. The van der Waals surface area contributed by atoms with Crippen LogP contribution in [0.3, 0.4) is 0 Å². The third-order valence-electron chi connectivity index (χ3n) is 4.05. The van der Waals surface area contributed by atoms with Crippen LogP contribution in [0.1, 0.15) is 17.3 Å². The Kier molecular flexibility index (Phi) is 4.93. The molecule has 0 radical (unpaired) electrons. The number of carbonyl (C=O) groups is 1. The van der Waals surface area contributed by atoms with Crippen molar-refractivity contribution in [1.82, 2.24) is 4.98 Å². The van der Waals surface area contributed by atoms with Crippen molar-refractivity contribution in [1.29, 1.82) is 0 Å². The number of methoxy groups -OCH3 is 2. The van der Waals surface area contributed by atoms with E-state index in [0.29, 0.717) is 33.7 Å². The van der Waals surface area contributed by atoms with Crippen molar-refractivity contribution < 1.29 is 19.0 Å². The summed E-state index contributed by atoms with van der Waals surface area (Å²) in [5.41, 5.74) is 1.20. The summed E-state index contributed by atoms with van der Waals surface area (Å²) in [5, 5.41) is 0.360. The fraction of sp³-hybridized carbons (Fsp3) is 0.200. The van der Waals surface area contributed by atoms with Gasteiger partial charge in [-0.2, -0.15) is 0 Å². The average Bonchev–Trinajstić information content (AvgIpc) is 2.67. The Labute approximate surface area is 150 Å². The van der Waals surface area contributed by atoms with Crippen molar-refractivity contribution in [2.45, 2.75) is 6.92 Å². The lowest BCUT2D eigenvalue weighted by Gasteiger charge is -2.12. The summed E-state index contributed by atoms with van der Waals surface area (Å²) < 4.78 is 15.5. The van der Waals surface area contributed by atoms with Gasteiger partial charge in [-0.25, -0.2) is 4.79 Å². The third-order valence-corrected chi connectivity index (χ3v) is 4.05. The number of benzene rings is 2. The normalized spacial score (nSPS) is 10.6. The van der Waals surface area contributed by atoms with E-state index >= 15 is 0 Å². The monoisotopic (exact) mass is 353 g/mol. The zero-order valence-corrected chi connectivity index (χ0v) is 14.8. The highest BCUT2D eigenvalue weighted by Crippen LogP contribution is 2.27. The van der Waals surface area contributed by atoms with Gasteiger partial charge in [0.15, 0.2) is 0 Å².